The number of hydrogen-bond donors (Lipinski definition) is 1. The van der Waals surface area contributed by atoms with Gasteiger partial charge in [-0.25, -0.2) is 4.98 Å². The lowest BCUT2D eigenvalue weighted by atomic mass is 10.1. The molecule has 3 aromatic rings. The van der Waals surface area contributed by atoms with E-state index in [4.69, 9.17) is 15.3 Å². The Balaban J connectivity index is 1.36. The lowest BCUT2D eigenvalue weighted by Gasteiger charge is -2.30. The number of benzene rings is 1. The largest absolute Gasteiger partial charge is 0.506 e. The molecule has 184 valence electrons. The second-order valence-electron chi connectivity index (χ2n) is 8.80. The first-order chi connectivity index (χ1) is 17.2. The monoisotopic (exact) mass is 494 g/mol. The van der Waals surface area contributed by atoms with Crippen molar-refractivity contribution in [1.82, 2.24) is 14.9 Å². The number of hydrogen-bond acceptors (Lipinski definition) is 9. The minimum atomic E-state index is 0.0748. The summed E-state index contributed by atoms with van der Waals surface area (Å²) in [6.07, 6.45) is 3.44. The molecule has 2 fully saturated rings. The Bertz CT molecular complexity index is 1190. The second kappa shape index (κ2) is 11.1. The smallest absolute Gasteiger partial charge is 0.185 e. The van der Waals surface area contributed by atoms with Crippen LogP contribution in [0.3, 0.4) is 0 Å². The van der Waals surface area contributed by atoms with Gasteiger partial charge in [-0.1, -0.05) is 11.2 Å². The van der Waals surface area contributed by atoms with Crippen LogP contribution in [0.1, 0.15) is 24.6 Å². The van der Waals surface area contributed by atoms with Crippen LogP contribution in [-0.4, -0.2) is 79.0 Å². The van der Waals surface area contributed by atoms with E-state index in [0.717, 1.165) is 92.7 Å². The van der Waals surface area contributed by atoms with Crippen LogP contribution in [0.15, 0.2) is 41.0 Å². The molecule has 11 heteroatoms. The molecule has 1 atom stereocenters. The molecule has 1 unspecified atom stereocenters. The molecule has 1 aromatic carbocycles. The number of phenols is 1. The van der Waals surface area contributed by atoms with Crippen LogP contribution in [0.25, 0.3) is 21.3 Å². The predicted octanol–water partition coefficient (Wildman–Crippen LogP) is 4.19. The molecule has 10 nitrogen and oxygen atoms in total. The molecule has 35 heavy (non-hydrogen) atoms. The summed E-state index contributed by atoms with van der Waals surface area (Å²) in [6.45, 7) is 6.92. The molecule has 0 spiro atoms. The van der Waals surface area contributed by atoms with Gasteiger partial charge in [0.25, 0.3) is 0 Å². The SMILES string of the molecule is [N-]=[N+]=NCCC(c1csc(N2CCOCC2)n1)N1CCCN(c2c(O)ccc3cccnc23)CC1. The molecule has 0 aliphatic carbocycles. The second-order valence-corrected chi connectivity index (χ2v) is 9.63. The van der Waals surface area contributed by atoms with E-state index >= 15 is 0 Å². The summed E-state index contributed by atoms with van der Waals surface area (Å²) < 4.78 is 5.49. The van der Waals surface area contributed by atoms with E-state index in [1.165, 1.54) is 0 Å². The van der Waals surface area contributed by atoms with Crippen LogP contribution >= 0.6 is 11.3 Å². The number of pyridine rings is 1. The topological polar surface area (TPSA) is 114 Å². The third-order valence-corrected chi connectivity index (χ3v) is 7.63. The highest BCUT2D eigenvalue weighted by Crippen LogP contribution is 2.36. The highest BCUT2D eigenvalue weighted by Gasteiger charge is 2.27. The molecule has 2 aromatic heterocycles. The van der Waals surface area contributed by atoms with Crippen molar-refractivity contribution in [3.8, 4) is 5.75 Å². The minimum absolute atomic E-state index is 0.0748. The Morgan fingerprint density at radius 3 is 2.86 bits per heavy atom. The summed E-state index contributed by atoms with van der Waals surface area (Å²) in [7, 11) is 0. The number of morpholine rings is 1. The summed E-state index contributed by atoms with van der Waals surface area (Å²) in [6, 6.07) is 7.68. The Kier molecular flexibility index (Phi) is 7.48. The fraction of sp³-hybridized carbons (Fsp3) is 0.500. The first-order valence-corrected chi connectivity index (χ1v) is 13.0. The average Bonchev–Trinajstić information content (AvgIpc) is 3.26. The molecule has 0 saturated carbocycles. The number of rotatable bonds is 7. The summed E-state index contributed by atoms with van der Waals surface area (Å²) in [5, 5.41) is 18.7. The average molecular weight is 495 g/mol. The van der Waals surface area contributed by atoms with E-state index < -0.39 is 0 Å². The number of anilines is 2. The molecule has 5 rings (SSSR count). The molecular weight excluding hydrogens is 464 g/mol. The lowest BCUT2D eigenvalue weighted by Crippen LogP contribution is -2.36. The Morgan fingerprint density at radius 2 is 2.00 bits per heavy atom. The van der Waals surface area contributed by atoms with Crippen molar-refractivity contribution in [2.45, 2.75) is 18.9 Å². The molecule has 1 N–H and O–H groups in total. The number of thiazole rings is 1. The van der Waals surface area contributed by atoms with E-state index in [9.17, 15) is 5.11 Å². The van der Waals surface area contributed by atoms with E-state index in [1.54, 1.807) is 23.6 Å². The maximum Gasteiger partial charge on any atom is 0.185 e. The summed E-state index contributed by atoms with van der Waals surface area (Å²) in [4.78, 5) is 19.5. The fourth-order valence-electron chi connectivity index (χ4n) is 4.97. The van der Waals surface area contributed by atoms with Crippen molar-refractivity contribution in [2.75, 3.05) is 68.8 Å². The molecule has 2 aliphatic rings. The Hall–Kier alpha value is -3.11. The van der Waals surface area contributed by atoms with E-state index in [2.05, 4.69) is 35.1 Å². The molecule has 0 radical (unpaired) electrons. The Morgan fingerprint density at radius 1 is 1.11 bits per heavy atom. The number of nitrogens with zero attached hydrogens (tertiary/aromatic N) is 8. The van der Waals surface area contributed by atoms with Crippen molar-refractivity contribution in [3.63, 3.8) is 0 Å². The number of ether oxygens (including phenoxy) is 1. The summed E-state index contributed by atoms with van der Waals surface area (Å²) in [5.74, 6) is 0.263. The first-order valence-electron chi connectivity index (χ1n) is 12.1. The predicted molar refractivity (Wildman–Crippen MR) is 138 cm³/mol. The number of aromatic hydroxyl groups is 1. The quantitative estimate of drug-likeness (QED) is 0.298. The van der Waals surface area contributed by atoms with Crippen LogP contribution in [-0.2, 0) is 4.74 Å². The number of phenolic OH excluding ortho intramolecular Hbond substituents is 1. The number of fused-ring (bicyclic) bond motifs is 1. The van der Waals surface area contributed by atoms with Crippen LogP contribution in [0.2, 0.25) is 0 Å². The van der Waals surface area contributed by atoms with Crippen molar-refractivity contribution in [2.24, 2.45) is 5.11 Å². The van der Waals surface area contributed by atoms with Crippen molar-refractivity contribution in [1.29, 1.82) is 0 Å². The summed E-state index contributed by atoms with van der Waals surface area (Å²) >= 11 is 1.67. The summed E-state index contributed by atoms with van der Waals surface area (Å²) in [5.41, 5.74) is 11.5. The van der Waals surface area contributed by atoms with Crippen LogP contribution in [0.4, 0.5) is 10.8 Å². The fourth-order valence-corrected chi connectivity index (χ4v) is 5.90. The van der Waals surface area contributed by atoms with Crippen LogP contribution in [0.5, 0.6) is 5.75 Å². The van der Waals surface area contributed by atoms with E-state index in [1.807, 2.05) is 18.2 Å². The van der Waals surface area contributed by atoms with Crippen molar-refractivity contribution >= 4 is 33.1 Å². The maximum absolute atomic E-state index is 10.7. The zero-order valence-electron chi connectivity index (χ0n) is 19.7. The number of azide groups is 1. The van der Waals surface area contributed by atoms with Crippen LogP contribution < -0.4 is 9.80 Å². The molecule has 0 amide bonds. The van der Waals surface area contributed by atoms with E-state index in [-0.39, 0.29) is 11.8 Å². The van der Waals surface area contributed by atoms with Gasteiger partial charge in [0.1, 0.15) is 11.4 Å². The molecule has 4 heterocycles. The van der Waals surface area contributed by atoms with Gasteiger partial charge in [-0.3, -0.25) is 9.88 Å². The van der Waals surface area contributed by atoms with Gasteiger partial charge in [0.05, 0.1) is 30.5 Å². The van der Waals surface area contributed by atoms with Crippen molar-refractivity contribution in [3.05, 3.63) is 52.0 Å². The lowest BCUT2D eigenvalue weighted by molar-refractivity contribution is 0.122. The van der Waals surface area contributed by atoms with Gasteiger partial charge in [-0.15, -0.1) is 11.3 Å². The third-order valence-electron chi connectivity index (χ3n) is 6.71. The third kappa shape index (κ3) is 5.28. The number of aromatic nitrogens is 2. The zero-order chi connectivity index (χ0) is 24.0. The van der Waals surface area contributed by atoms with Crippen LogP contribution in [0, 0.1) is 0 Å². The normalized spacial score (nSPS) is 18.3. The highest BCUT2D eigenvalue weighted by atomic mass is 32.1. The van der Waals surface area contributed by atoms with Gasteiger partial charge in [0.2, 0.25) is 0 Å². The van der Waals surface area contributed by atoms with Gasteiger partial charge >= 0.3 is 0 Å². The highest BCUT2D eigenvalue weighted by molar-refractivity contribution is 7.13. The first kappa shape index (κ1) is 23.6. The molecular formula is C24H30N8O2S. The zero-order valence-corrected chi connectivity index (χ0v) is 20.5. The maximum atomic E-state index is 10.7. The van der Waals surface area contributed by atoms with Gasteiger partial charge in [-0.05, 0) is 36.6 Å². The van der Waals surface area contributed by atoms with Gasteiger partial charge < -0.3 is 19.6 Å². The molecule has 0 bridgehead atoms. The van der Waals surface area contributed by atoms with E-state index in [0.29, 0.717) is 6.54 Å². The molecule has 2 aliphatic heterocycles. The Labute approximate surface area is 208 Å². The minimum Gasteiger partial charge on any atom is -0.506 e. The van der Waals surface area contributed by atoms with Gasteiger partial charge in [0, 0.05) is 67.7 Å². The van der Waals surface area contributed by atoms with Gasteiger partial charge in [-0.2, -0.15) is 0 Å². The van der Waals surface area contributed by atoms with Crippen molar-refractivity contribution < 1.29 is 9.84 Å². The standard InChI is InChI=1S/C24H30N8O2S/c25-29-27-8-6-20(19-17-35-24(28-19)32-13-15-34-16-14-32)30-9-2-10-31(12-11-30)23-21(33)5-4-18-3-1-7-26-22(18)23/h1,3-5,7,17,20,33H,2,6,8-16H2. The van der Waals surface area contributed by atoms with Gasteiger partial charge in [0.15, 0.2) is 5.13 Å². The molecule has 2 saturated heterocycles.